The molecule has 0 unspecified atom stereocenters. The monoisotopic (exact) mass is 413 g/mol. The molecule has 0 spiro atoms. The Morgan fingerprint density at radius 1 is 0.966 bits per heavy atom. The van der Waals surface area contributed by atoms with Gasteiger partial charge in [-0.3, -0.25) is 15.1 Å². The molecule has 3 heterocycles. The fraction of sp³-hybridized carbons (Fsp3) is 0.263. The van der Waals surface area contributed by atoms with Crippen molar-refractivity contribution in [3.63, 3.8) is 0 Å². The summed E-state index contributed by atoms with van der Waals surface area (Å²) in [4.78, 5) is 16.5. The second kappa shape index (κ2) is 8.10. The molecule has 2 aromatic heterocycles. The van der Waals surface area contributed by atoms with E-state index in [1.807, 2.05) is 0 Å². The summed E-state index contributed by atoms with van der Waals surface area (Å²) in [6.07, 6.45) is 5.97. The van der Waals surface area contributed by atoms with E-state index in [0.29, 0.717) is 18.7 Å². The van der Waals surface area contributed by atoms with Gasteiger partial charge in [0.25, 0.3) is 5.91 Å². The number of amides is 1. The number of pyridine rings is 1. The third-order valence-corrected chi connectivity index (χ3v) is 6.55. The van der Waals surface area contributed by atoms with E-state index in [4.69, 9.17) is 4.42 Å². The first-order valence-electron chi connectivity index (χ1n) is 9.19. The lowest BCUT2D eigenvalue weighted by Crippen LogP contribution is -2.35. The summed E-state index contributed by atoms with van der Waals surface area (Å²) < 4.78 is 32.3. The quantitative estimate of drug-likeness (QED) is 0.683. The number of hydrogen-bond acceptors (Lipinski definition) is 7. The Morgan fingerprint density at radius 2 is 1.66 bits per heavy atom. The van der Waals surface area contributed by atoms with Gasteiger partial charge in [0.1, 0.15) is 0 Å². The summed E-state index contributed by atoms with van der Waals surface area (Å²) in [5.41, 5.74) is 0.964. The molecule has 150 valence electrons. The van der Waals surface area contributed by atoms with Gasteiger partial charge in [-0.05, 0) is 49.2 Å². The summed E-state index contributed by atoms with van der Waals surface area (Å²) >= 11 is 0. The van der Waals surface area contributed by atoms with Crippen LogP contribution in [0.25, 0.3) is 11.5 Å². The Labute approximate surface area is 167 Å². The zero-order chi connectivity index (χ0) is 20.3. The maximum atomic E-state index is 12.7. The average molecular weight is 413 g/mol. The number of rotatable bonds is 5. The number of carbonyl (C=O) groups excluding carboxylic acids is 1. The van der Waals surface area contributed by atoms with Crippen molar-refractivity contribution in [2.45, 2.75) is 24.2 Å². The van der Waals surface area contributed by atoms with Crippen LogP contribution in [0.3, 0.4) is 0 Å². The van der Waals surface area contributed by atoms with E-state index in [1.54, 1.807) is 24.5 Å². The number of benzene rings is 1. The lowest BCUT2D eigenvalue weighted by Gasteiger charge is -2.25. The van der Waals surface area contributed by atoms with Gasteiger partial charge >= 0.3 is 6.01 Å². The summed E-state index contributed by atoms with van der Waals surface area (Å²) in [5, 5.41) is 10.2. The predicted octanol–water partition coefficient (Wildman–Crippen LogP) is 2.56. The molecule has 0 bridgehead atoms. The van der Waals surface area contributed by atoms with Gasteiger partial charge in [0.15, 0.2) is 0 Å². The summed E-state index contributed by atoms with van der Waals surface area (Å²) in [5.74, 6) is -0.220. The third kappa shape index (κ3) is 4.17. The van der Waals surface area contributed by atoms with Crippen LogP contribution >= 0.6 is 0 Å². The van der Waals surface area contributed by atoms with E-state index in [9.17, 15) is 13.2 Å². The molecule has 1 amide bonds. The van der Waals surface area contributed by atoms with Crippen molar-refractivity contribution in [2.24, 2.45) is 0 Å². The first-order chi connectivity index (χ1) is 14.0. The average Bonchev–Trinajstić information content (AvgIpc) is 3.23. The zero-order valence-corrected chi connectivity index (χ0v) is 16.3. The van der Waals surface area contributed by atoms with Crippen molar-refractivity contribution < 1.29 is 17.6 Å². The van der Waals surface area contributed by atoms with Crippen molar-refractivity contribution in [3.8, 4) is 11.5 Å². The largest absolute Gasteiger partial charge is 0.403 e. The number of aromatic nitrogens is 3. The third-order valence-electron chi connectivity index (χ3n) is 4.64. The second-order valence-electron chi connectivity index (χ2n) is 6.59. The molecular weight excluding hydrogens is 394 g/mol. The van der Waals surface area contributed by atoms with Gasteiger partial charge in [-0.25, -0.2) is 8.42 Å². The van der Waals surface area contributed by atoms with Crippen molar-refractivity contribution >= 4 is 21.9 Å². The van der Waals surface area contributed by atoms with Crippen LogP contribution in [0, 0.1) is 0 Å². The van der Waals surface area contributed by atoms with E-state index in [2.05, 4.69) is 20.5 Å². The van der Waals surface area contributed by atoms with Gasteiger partial charge < -0.3 is 4.42 Å². The van der Waals surface area contributed by atoms with Gasteiger partial charge in [0, 0.05) is 36.6 Å². The number of anilines is 1. The topological polar surface area (TPSA) is 118 Å². The van der Waals surface area contributed by atoms with E-state index < -0.39 is 15.9 Å². The maximum Gasteiger partial charge on any atom is 0.322 e. The highest BCUT2D eigenvalue weighted by Gasteiger charge is 2.26. The smallest absolute Gasteiger partial charge is 0.322 e. The van der Waals surface area contributed by atoms with E-state index in [1.165, 1.54) is 28.6 Å². The molecule has 1 saturated heterocycles. The lowest BCUT2D eigenvalue weighted by molar-refractivity contribution is 0.102. The lowest BCUT2D eigenvalue weighted by atomic mass is 10.2. The van der Waals surface area contributed by atoms with Gasteiger partial charge in [-0.2, -0.15) is 4.31 Å². The number of piperidine rings is 1. The van der Waals surface area contributed by atoms with Crippen molar-refractivity contribution in [1.29, 1.82) is 0 Å². The van der Waals surface area contributed by atoms with Crippen LogP contribution < -0.4 is 5.32 Å². The molecule has 4 rings (SSSR count). The number of carbonyl (C=O) groups is 1. The number of nitrogens with zero attached hydrogens (tertiary/aromatic N) is 4. The SMILES string of the molecule is O=C(Nc1nnc(-c2ccncc2)o1)c1ccc(S(=O)(=O)N2CCCCC2)cc1. The van der Waals surface area contributed by atoms with Crippen LogP contribution in [0.4, 0.5) is 6.01 Å². The van der Waals surface area contributed by atoms with Gasteiger partial charge in [0.2, 0.25) is 15.9 Å². The first-order valence-corrected chi connectivity index (χ1v) is 10.6. The minimum atomic E-state index is -3.54. The standard InChI is InChI=1S/C19H19N5O4S/c25-17(21-19-23-22-18(28-19)15-8-10-20-11-9-15)14-4-6-16(7-5-14)29(26,27)24-12-2-1-3-13-24/h4-11H,1-3,12-13H2,(H,21,23,25). The highest BCUT2D eigenvalue weighted by atomic mass is 32.2. The molecule has 0 aliphatic carbocycles. The Bertz CT molecular complexity index is 1090. The van der Waals surface area contributed by atoms with Crippen molar-refractivity contribution in [1.82, 2.24) is 19.5 Å². The molecule has 3 aromatic rings. The van der Waals surface area contributed by atoms with E-state index in [0.717, 1.165) is 19.3 Å². The zero-order valence-electron chi connectivity index (χ0n) is 15.5. The minimum absolute atomic E-state index is 0.0492. The Morgan fingerprint density at radius 3 is 2.34 bits per heavy atom. The molecule has 0 saturated carbocycles. The molecule has 10 heteroatoms. The van der Waals surface area contributed by atoms with Crippen molar-refractivity contribution in [2.75, 3.05) is 18.4 Å². The summed E-state index contributed by atoms with van der Waals surface area (Å²) in [7, 11) is -3.54. The van der Waals surface area contributed by atoms with E-state index >= 15 is 0 Å². The Kier molecular flexibility index (Phi) is 5.36. The predicted molar refractivity (Wildman–Crippen MR) is 105 cm³/mol. The minimum Gasteiger partial charge on any atom is -0.403 e. The van der Waals surface area contributed by atoms with Crippen LogP contribution in [-0.2, 0) is 10.0 Å². The Balaban J connectivity index is 1.45. The number of sulfonamides is 1. The number of hydrogen-bond donors (Lipinski definition) is 1. The normalized spacial score (nSPS) is 15.2. The molecule has 0 atom stereocenters. The molecule has 9 nitrogen and oxygen atoms in total. The van der Waals surface area contributed by atoms with Gasteiger partial charge in [-0.1, -0.05) is 11.5 Å². The highest BCUT2D eigenvalue weighted by molar-refractivity contribution is 7.89. The van der Waals surface area contributed by atoms with Crippen LogP contribution in [-0.4, -0.2) is 46.9 Å². The maximum absolute atomic E-state index is 12.7. The molecule has 1 aliphatic heterocycles. The molecule has 1 fully saturated rings. The molecule has 29 heavy (non-hydrogen) atoms. The first kappa shape index (κ1) is 19.2. The molecule has 1 aliphatic rings. The summed E-state index contributed by atoms with van der Waals surface area (Å²) in [6, 6.07) is 9.18. The van der Waals surface area contributed by atoms with Crippen molar-refractivity contribution in [3.05, 3.63) is 54.4 Å². The molecular formula is C19H19N5O4S. The highest BCUT2D eigenvalue weighted by Crippen LogP contribution is 2.22. The fourth-order valence-electron chi connectivity index (χ4n) is 3.09. The van der Waals surface area contributed by atoms with Crippen LogP contribution in [0.2, 0.25) is 0 Å². The summed E-state index contributed by atoms with van der Waals surface area (Å²) in [6.45, 7) is 1.06. The van der Waals surface area contributed by atoms with Gasteiger partial charge in [-0.15, -0.1) is 5.10 Å². The van der Waals surface area contributed by atoms with Crippen LogP contribution in [0.15, 0.2) is 58.1 Å². The Hall–Kier alpha value is -3.11. The molecule has 1 aromatic carbocycles. The second-order valence-corrected chi connectivity index (χ2v) is 8.53. The van der Waals surface area contributed by atoms with Crippen LogP contribution in [0.5, 0.6) is 0 Å². The molecule has 0 radical (unpaired) electrons. The molecule has 1 N–H and O–H groups in total. The van der Waals surface area contributed by atoms with E-state index in [-0.39, 0.29) is 22.4 Å². The van der Waals surface area contributed by atoms with Gasteiger partial charge in [0.05, 0.1) is 4.90 Å². The van der Waals surface area contributed by atoms with Crippen LogP contribution in [0.1, 0.15) is 29.6 Å². The number of nitrogens with one attached hydrogen (secondary N) is 1. The fourth-order valence-corrected chi connectivity index (χ4v) is 4.60.